The molecule has 2 aliphatic heterocycles. The van der Waals surface area contributed by atoms with Gasteiger partial charge in [0.2, 0.25) is 0 Å². The zero-order valence-electron chi connectivity index (χ0n) is 18.0. The number of hydrogen-bond donors (Lipinski definition) is 0. The molecule has 0 N–H and O–H groups in total. The first-order valence-electron chi connectivity index (χ1n) is 10.5. The van der Waals surface area contributed by atoms with Gasteiger partial charge in [-0.25, -0.2) is 9.18 Å². The van der Waals surface area contributed by atoms with Gasteiger partial charge in [-0.1, -0.05) is 41.9 Å². The minimum Gasteiger partial charge on any atom is -0.374 e. The normalized spacial score (nSPS) is 22.2. The predicted octanol–water partition coefficient (Wildman–Crippen LogP) is 5.13. The zero-order valence-corrected chi connectivity index (χ0v) is 18.8. The number of nitrogens with zero attached hydrogens (tertiary/aromatic N) is 3. The van der Waals surface area contributed by atoms with Crippen molar-refractivity contribution < 1.29 is 14.0 Å². The summed E-state index contributed by atoms with van der Waals surface area (Å²) in [5.41, 5.74) is 0.201. The number of piperidine rings is 1. The molecule has 164 valence electrons. The van der Waals surface area contributed by atoms with E-state index in [1.807, 2.05) is 44.3 Å². The number of benzene rings is 2. The highest BCUT2D eigenvalue weighted by molar-refractivity contribution is 6.30. The molecule has 2 aromatic carbocycles. The summed E-state index contributed by atoms with van der Waals surface area (Å²) in [5.74, 6) is -0.180. The van der Waals surface area contributed by atoms with E-state index in [0.29, 0.717) is 5.02 Å². The highest BCUT2D eigenvalue weighted by Crippen LogP contribution is 2.42. The molecule has 2 amide bonds. The summed E-state index contributed by atoms with van der Waals surface area (Å²) in [6.07, 6.45) is 3.59. The summed E-state index contributed by atoms with van der Waals surface area (Å²) in [6, 6.07) is 13.8. The summed E-state index contributed by atoms with van der Waals surface area (Å²) in [4.78, 5) is 23.7. The third-order valence-corrected chi connectivity index (χ3v) is 6.52. The van der Waals surface area contributed by atoms with Gasteiger partial charge in [0.05, 0.1) is 5.56 Å². The standard InChI is InChI=1S/C24H27ClFN3O2/c1-24(17-7-5-4-6-8-17)16-22(20-15-18(25)9-10-21(20)26)31-29(24)23(30)28(3)19-11-13-27(2)14-12-19/h4-10,15-16,19H,11-14H2,1-3H3. The van der Waals surface area contributed by atoms with Gasteiger partial charge in [-0.2, -0.15) is 0 Å². The molecule has 2 aromatic rings. The third-order valence-electron chi connectivity index (χ3n) is 6.29. The van der Waals surface area contributed by atoms with Crippen LogP contribution in [-0.2, 0) is 10.4 Å². The van der Waals surface area contributed by atoms with Crippen molar-refractivity contribution in [3.63, 3.8) is 0 Å². The Labute approximate surface area is 187 Å². The molecular weight excluding hydrogens is 417 g/mol. The monoisotopic (exact) mass is 443 g/mol. The van der Waals surface area contributed by atoms with Crippen molar-refractivity contribution in [2.75, 3.05) is 27.2 Å². The number of carbonyl (C=O) groups is 1. The number of hydrogen-bond acceptors (Lipinski definition) is 3. The molecule has 5 nitrogen and oxygen atoms in total. The van der Waals surface area contributed by atoms with Crippen LogP contribution >= 0.6 is 11.6 Å². The molecule has 2 heterocycles. The molecule has 1 unspecified atom stereocenters. The molecule has 2 aliphatic rings. The first kappa shape index (κ1) is 21.7. The fourth-order valence-electron chi connectivity index (χ4n) is 4.24. The second-order valence-electron chi connectivity index (χ2n) is 8.46. The Bertz CT molecular complexity index is 992. The van der Waals surface area contributed by atoms with Crippen LogP contribution < -0.4 is 0 Å². The van der Waals surface area contributed by atoms with Crippen LogP contribution in [0.4, 0.5) is 9.18 Å². The van der Waals surface area contributed by atoms with Gasteiger partial charge in [-0.15, -0.1) is 5.06 Å². The first-order chi connectivity index (χ1) is 14.8. The largest absolute Gasteiger partial charge is 0.374 e. The van der Waals surface area contributed by atoms with Crippen LogP contribution in [0.1, 0.15) is 30.9 Å². The van der Waals surface area contributed by atoms with E-state index < -0.39 is 11.4 Å². The van der Waals surface area contributed by atoms with Crippen molar-refractivity contribution in [2.24, 2.45) is 0 Å². The topological polar surface area (TPSA) is 36.0 Å². The lowest BCUT2D eigenvalue weighted by atomic mass is 9.90. The number of carbonyl (C=O) groups excluding carboxylic acids is 1. The molecule has 1 fully saturated rings. The molecule has 0 aliphatic carbocycles. The van der Waals surface area contributed by atoms with Crippen LogP contribution in [-0.4, -0.2) is 54.1 Å². The van der Waals surface area contributed by atoms with Crippen LogP contribution in [0.2, 0.25) is 5.02 Å². The Balaban J connectivity index is 1.69. The second kappa shape index (κ2) is 8.52. The van der Waals surface area contributed by atoms with E-state index in [-0.39, 0.29) is 23.4 Å². The maximum atomic E-state index is 14.6. The number of hydroxylamine groups is 2. The van der Waals surface area contributed by atoms with Gasteiger partial charge in [-0.3, -0.25) is 0 Å². The molecule has 1 saturated heterocycles. The first-order valence-corrected chi connectivity index (χ1v) is 10.8. The van der Waals surface area contributed by atoms with E-state index in [1.54, 1.807) is 11.0 Å². The van der Waals surface area contributed by atoms with E-state index in [9.17, 15) is 9.18 Å². The number of amides is 2. The summed E-state index contributed by atoms with van der Waals surface area (Å²) in [6.45, 7) is 3.78. The second-order valence-corrected chi connectivity index (χ2v) is 8.90. The summed E-state index contributed by atoms with van der Waals surface area (Å²) in [7, 11) is 3.90. The van der Waals surface area contributed by atoms with Crippen LogP contribution in [0.5, 0.6) is 0 Å². The Kier molecular flexibility index (Phi) is 5.95. The van der Waals surface area contributed by atoms with Gasteiger partial charge in [0.25, 0.3) is 0 Å². The Hall–Kier alpha value is -2.57. The van der Waals surface area contributed by atoms with Crippen molar-refractivity contribution in [3.05, 3.63) is 76.6 Å². The smallest absolute Gasteiger partial charge is 0.354 e. The molecule has 0 saturated carbocycles. The molecule has 4 rings (SSSR count). The molecule has 7 heteroatoms. The van der Waals surface area contributed by atoms with E-state index in [1.165, 1.54) is 23.3 Å². The van der Waals surface area contributed by atoms with Gasteiger partial charge >= 0.3 is 6.03 Å². The summed E-state index contributed by atoms with van der Waals surface area (Å²) >= 11 is 6.10. The number of rotatable bonds is 3. The van der Waals surface area contributed by atoms with Crippen molar-refractivity contribution in [1.82, 2.24) is 14.9 Å². The van der Waals surface area contributed by atoms with Gasteiger partial charge in [0.1, 0.15) is 11.4 Å². The maximum absolute atomic E-state index is 14.6. The van der Waals surface area contributed by atoms with Crippen LogP contribution in [0.15, 0.2) is 54.6 Å². The average molecular weight is 444 g/mol. The van der Waals surface area contributed by atoms with E-state index in [0.717, 1.165) is 31.5 Å². The minimum absolute atomic E-state index is 0.124. The van der Waals surface area contributed by atoms with E-state index >= 15 is 0 Å². The molecule has 1 atom stereocenters. The van der Waals surface area contributed by atoms with Crippen molar-refractivity contribution in [2.45, 2.75) is 31.3 Å². The molecule has 31 heavy (non-hydrogen) atoms. The highest BCUT2D eigenvalue weighted by atomic mass is 35.5. The average Bonchev–Trinajstić information content (AvgIpc) is 3.14. The van der Waals surface area contributed by atoms with Gasteiger partial charge in [-0.05, 0) is 69.7 Å². The van der Waals surface area contributed by atoms with Crippen molar-refractivity contribution >= 4 is 23.4 Å². The van der Waals surface area contributed by atoms with Crippen LogP contribution in [0.3, 0.4) is 0 Å². The lowest BCUT2D eigenvalue weighted by Gasteiger charge is -2.40. The Morgan fingerprint density at radius 1 is 1.19 bits per heavy atom. The summed E-state index contributed by atoms with van der Waals surface area (Å²) < 4.78 is 14.6. The van der Waals surface area contributed by atoms with Gasteiger partial charge < -0.3 is 14.6 Å². The Morgan fingerprint density at radius 3 is 2.55 bits per heavy atom. The molecule has 0 radical (unpaired) electrons. The Morgan fingerprint density at radius 2 is 1.87 bits per heavy atom. The molecular formula is C24H27ClFN3O2. The molecule has 0 aromatic heterocycles. The third kappa shape index (κ3) is 4.14. The van der Waals surface area contributed by atoms with Crippen LogP contribution in [0.25, 0.3) is 5.76 Å². The quantitative estimate of drug-likeness (QED) is 0.659. The van der Waals surface area contributed by atoms with Crippen LogP contribution in [0, 0.1) is 5.82 Å². The maximum Gasteiger partial charge on any atom is 0.354 e. The van der Waals surface area contributed by atoms with Gasteiger partial charge in [0.15, 0.2) is 5.76 Å². The highest BCUT2D eigenvalue weighted by Gasteiger charge is 2.46. The zero-order chi connectivity index (χ0) is 22.2. The number of halogens is 2. The lowest BCUT2D eigenvalue weighted by molar-refractivity contribution is -0.0943. The number of likely N-dealkylation sites (tertiary alicyclic amines) is 1. The van der Waals surface area contributed by atoms with E-state index in [4.69, 9.17) is 16.4 Å². The van der Waals surface area contributed by atoms with Gasteiger partial charge in [0, 0.05) is 18.1 Å². The molecule has 0 bridgehead atoms. The predicted molar refractivity (Wildman–Crippen MR) is 120 cm³/mol. The van der Waals surface area contributed by atoms with E-state index in [2.05, 4.69) is 11.9 Å². The molecule has 0 spiro atoms. The minimum atomic E-state index is -0.901. The van der Waals surface area contributed by atoms with Crippen molar-refractivity contribution in [1.29, 1.82) is 0 Å². The fourth-order valence-corrected chi connectivity index (χ4v) is 4.41. The van der Waals surface area contributed by atoms with Crippen molar-refractivity contribution in [3.8, 4) is 0 Å². The SMILES string of the molecule is CN1CCC(N(C)C(=O)N2OC(c3cc(Cl)ccc3F)=CC2(C)c2ccccc2)CC1. The number of urea groups is 1. The summed E-state index contributed by atoms with van der Waals surface area (Å²) in [5, 5.41) is 1.76. The fraction of sp³-hybridized carbons (Fsp3) is 0.375. The lowest BCUT2D eigenvalue weighted by Crippen LogP contribution is -2.53.